The van der Waals surface area contributed by atoms with Crippen LogP contribution in [0.25, 0.3) is 10.8 Å². The molecule has 94 valence electrons. The van der Waals surface area contributed by atoms with Crippen LogP contribution in [-0.2, 0) is 6.42 Å². The molecule has 0 heterocycles. The van der Waals surface area contributed by atoms with Gasteiger partial charge in [0, 0.05) is 19.5 Å². The van der Waals surface area contributed by atoms with Crippen molar-refractivity contribution >= 4 is 16.6 Å². The van der Waals surface area contributed by atoms with Gasteiger partial charge in [-0.3, -0.25) is 4.99 Å². The van der Waals surface area contributed by atoms with Gasteiger partial charge in [-0.2, -0.15) is 0 Å². The van der Waals surface area contributed by atoms with Crippen molar-refractivity contribution in [2.45, 2.75) is 20.3 Å². The molecule has 0 atom stereocenters. The lowest BCUT2D eigenvalue weighted by molar-refractivity contribution is 0.923. The van der Waals surface area contributed by atoms with E-state index in [0.29, 0.717) is 0 Å². The maximum absolute atomic E-state index is 4.49. The average molecular weight is 240 g/mol. The Hall–Kier alpha value is -1.83. The van der Waals surface area contributed by atoms with Crippen molar-refractivity contribution in [3.05, 3.63) is 48.0 Å². The van der Waals surface area contributed by atoms with Gasteiger partial charge in [-0.25, -0.2) is 0 Å². The van der Waals surface area contributed by atoms with E-state index in [1.54, 1.807) is 0 Å². The number of likely N-dealkylation sites (N-methyl/N-ethyl adjacent to an activating group) is 1. The van der Waals surface area contributed by atoms with Crippen LogP contribution in [0.3, 0.4) is 0 Å². The molecular weight excluding hydrogens is 220 g/mol. The molecule has 0 aromatic heterocycles. The highest BCUT2D eigenvalue weighted by molar-refractivity contribution is 5.87. The van der Waals surface area contributed by atoms with Crippen LogP contribution in [0, 0.1) is 0 Å². The topological polar surface area (TPSA) is 24.4 Å². The molecule has 0 fully saturated rings. The third-order valence-electron chi connectivity index (χ3n) is 2.92. The average Bonchev–Trinajstić information content (AvgIpc) is 2.39. The standard InChI is InChI=1S/C16H20N2/c1-3-17-16(18-4-2)12-13-9-10-14-7-5-6-8-15(14)11-13/h5-11H,3-4,12H2,1-2H3,(H,17,18). The first kappa shape index (κ1) is 12.6. The molecule has 18 heavy (non-hydrogen) atoms. The van der Waals surface area contributed by atoms with Crippen molar-refractivity contribution in [2.24, 2.45) is 4.99 Å². The molecule has 0 saturated carbocycles. The second kappa shape index (κ2) is 6.20. The minimum atomic E-state index is 0.829. The number of aliphatic imine (C=N–C) groups is 1. The Morgan fingerprint density at radius 2 is 1.83 bits per heavy atom. The summed E-state index contributed by atoms with van der Waals surface area (Å²) in [7, 11) is 0. The van der Waals surface area contributed by atoms with Crippen LogP contribution < -0.4 is 5.32 Å². The van der Waals surface area contributed by atoms with Gasteiger partial charge in [0.2, 0.25) is 0 Å². The van der Waals surface area contributed by atoms with Crippen LogP contribution in [0.1, 0.15) is 19.4 Å². The molecule has 2 rings (SSSR count). The van der Waals surface area contributed by atoms with Crippen LogP contribution in [0.2, 0.25) is 0 Å². The van der Waals surface area contributed by atoms with Crippen molar-refractivity contribution in [2.75, 3.05) is 13.1 Å². The number of benzene rings is 2. The van der Waals surface area contributed by atoms with Crippen molar-refractivity contribution in [1.29, 1.82) is 0 Å². The number of rotatable bonds is 4. The van der Waals surface area contributed by atoms with E-state index in [1.165, 1.54) is 16.3 Å². The Kier molecular flexibility index (Phi) is 4.35. The van der Waals surface area contributed by atoms with Gasteiger partial charge in [0.15, 0.2) is 0 Å². The maximum atomic E-state index is 4.49. The van der Waals surface area contributed by atoms with Crippen molar-refractivity contribution < 1.29 is 0 Å². The maximum Gasteiger partial charge on any atom is 0.101 e. The molecule has 0 amide bonds. The van der Waals surface area contributed by atoms with Gasteiger partial charge >= 0.3 is 0 Å². The van der Waals surface area contributed by atoms with Gasteiger partial charge in [-0.1, -0.05) is 42.5 Å². The molecule has 2 aromatic rings. The first-order valence-corrected chi connectivity index (χ1v) is 6.58. The largest absolute Gasteiger partial charge is 0.374 e. The fraction of sp³-hybridized carbons (Fsp3) is 0.312. The second-order valence-corrected chi connectivity index (χ2v) is 4.31. The molecule has 0 saturated heterocycles. The molecule has 1 N–H and O–H groups in total. The number of nitrogens with zero attached hydrogens (tertiary/aromatic N) is 1. The SMILES string of the molecule is CCN=C(Cc1ccc2ccccc2c1)NCC. The zero-order valence-corrected chi connectivity index (χ0v) is 11.1. The minimum Gasteiger partial charge on any atom is -0.374 e. The van der Waals surface area contributed by atoms with E-state index in [4.69, 9.17) is 0 Å². The van der Waals surface area contributed by atoms with Gasteiger partial charge in [-0.05, 0) is 30.2 Å². The number of amidine groups is 1. The van der Waals surface area contributed by atoms with E-state index < -0.39 is 0 Å². The van der Waals surface area contributed by atoms with Crippen LogP contribution >= 0.6 is 0 Å². The predicted octanol–water partition coefficient (Wildman–Crippen LogP) is 3.41. The Labute approximate surface area is 109 Å². The zero-order chi connectivity index (χ0) is 12.8. The fourth-order valence-corrected chi connectivity index (χ4v) is 2.11. The van der Waals surface area contributed by atoms with Crippen molar-refractivity contribution in [3.63, 3.8) is 0 Å². The highest BCUT2D eigenvalue weighted by atomic mass is 15.0. The summed E-state index contributed by atoms with van der Waals surface area (Å²) in [5.41, 5.74) is 1.31. The Morgan fingerprint density at radius 1 is 1.06 bits per heavy atom. The number of nitrogens with one attached hydrogen (secondary N) is 1. The number of hydrogen-bond acceptors (Lipinski definition) is 1. The Bertz CT molecular complexity index is 544. The van der Waals surface area contributed by atoms with Crippen molar-refractivity contribution in [1.82, 2.24) is 5.32 Å². The molecule has 0 aliphatic heterocycles. The Morgan fingerprint density at radius 3 is 2.56 bits per heavy atom. The predicted molar refractivity (Wildman–Crippen MR) is 79.3 cm³/mol. The second-order valence-electron chi connectivity index (χ2n) is 4.31. The van der Waals surface area contributed by atoms with E-state index in [2.05, 4.69) is 66.6 Å². The molecule has 2 heteroatoms. The summed E-state index contributed by atoms with van der Waals surface area (Å²) in [6, 6.07) is 15.1. The van der Waals surface area contributed by atoms with E-state index in [-0.39, 0.29) is 0 Å². The van der Waals surface area contributed by atoms with Crippen LogP contribution in [-0.4, -0.2) is 18.9 Å². The summed E-state index contributed by atoms with van der Waals surface area (Å²) in [6.45, 7) is 5.92. The smallest absolute Gasteiger partial charge is 0.101 e. The molecule has 0 spiro atoms. The third kappa shape index (κ3) is 3.10. The van der Waals surface area contributed by atoms with Crippen molar-refractivity contribution in [3.8, 4) is 0 Å². The highest BCUT2D eigenvalue weighted by Crippen LogP contribution is 2.16. The van der Waals surface area contributed by atoms with Gasteiger partial charge in [-0.15, -0.1) is 0 Å². The molecule has 0 aliphatic carbocycles. The number of fused-ring (bicyclic) bond motifs is 1. The monoisotopic (exact) mass is 240 g/mol. The lowest BCUT2D eigenvalue weighted by Gasteiger charge is -2.09. The molecule has 0 unspecified atom stereocenters. The first-order chi connectivity index (χ1) is 8.83. The van der Waals surface area contributed by atoms with Crippen LogP contribution in [0.15, 0.2) is 47.5 Å². The fourth-order valence-electron chi connectivity index (χ4n) is 2.11. The summed E-state index contributed by atoms with van der Waals surface area (Å²) in [5, 5.41) is 5.91. The summed E-state index contributed by atoms with van der Waals surface area (Å²) in [5.74, 6) is 1.08. The molecule has 0 aliphatic rings. The number of hydrogen-bond donors (Lipinski definition) is 1. The van der Waals surface area contributed by atoms with Crippen LogP contribution in [0.4, 0.5) is 0 Å². The van der Waals surface area contributed by atoms with Gasteiger partial charge in [0.05, 0.1) is 0 Å². The Balaban J connectivity index is 2.22. The van der Waals surface area contributed by atoms with Crippen LogP contribution in [0.5, 0.6) is 0 Å². The minimum absolute atomic E-state index is 0.829. The van der Waals surface area contributed by atoms with Gasteiger partial charge < -0.3 is 5.32 Å². The molecule has 0 radical (unpaired) electrons. The summed E-state index contributed by atoms with van der Waals surface area (Å²) >= 11 is 0. The lowest BCUT2D eigenvalue weighted by atomic mass is 10.0. The molecule has 0 bridgehead atoms. The third-order valence-corrected chi connectivity index (χ3v) is 2.92. The molecular formula is C16H20N2. The normalized spacial score (nSPS) is 11.8. The lowest BCUT2D eigenvalue weighted by Crippen LogP contribution is -2.25. The highest BCUT2D eigenvalue weighted by Gasteiger charge is 2.01. The van der Waals surface area contributed by atoms with E-state index in [1.807, 2.05) is 0 Å². The van der Waals surface area contributed by atoms with E-state index in [0.717, 1.165) is 25.3 Å². The molecule has 2 nitrogen and oxygen atoms in total. The zero-order valence-electron chi connectivity index (χ0n) is 11.1. The van der Waals surface area contributed by atoms with E-state index in [9.17, 15) is 0 Å². The summed E-state index contributed by atoms with van der Waals surface area (Å²) in [6.07, 6.45) is 0.881. The van der Waals surface area contributed by atoms with E-state index >= 15 is 0 Å². The summed E-state index contributed by atoms with van der Waals surface area (Å²) in [4.78, 5) is 4.49. The van der Waals surface area contributed by atoms with Gasteiger partial charge in [0.25, 0.3) is 0 Å². The summed E-state index contributed by atoms with van der Waals surface area (Å²) < 4.78 is 0. The van der Waals surface area contributed by atoms with Gasteiger partial charge in [0.1, 0.15) is 5.84 Å². The first-order valence-electron chi connectivity index (χ1n) is 6.58. The molecule has 2 aromatic carbocycles. The quantitative estimate of drug-likeness (QED) is 0.643.